The van der Waals surface area contributed by atoms with Gasteiger partial charge in [-0.15, -0.1) is 0 Å². The van der Waals surface area contributed by atoms with Crippen LogP contribution in [0.4, 0.5) is 5.82 Å². The molecule has 0 spiro atoms. The van der Waals surface area contributed by atoms with Gasteiger partial charge in [0.25, 0.3) is 0 Å². The second-order valence-electron chi connectivity index (χ2n) is 6.79. The van der Waals surface area contributed by atoms with Gasteiger partial charge in [-0.3, -0.25) is 4.79 Å². The monoisotopic (exact) mass is 286 g/mol. The summed E-state index contributed by atoms with van der Waals surface area (Å²) in [6.45, 7) is 2.13. The van der Waals surface area contributed by atoms with E-state index in [1.54, 1.807) is 0 Å². The largest absolute Gasteiger partial charge is 0.481 e. The molecular weight excluding hydrogens is 264 g/mol. The van der Waals surface area contributed by atoms with Crippen molar-refractivity contribution in [3.05, 3.63) is 23.4 Å². The molecule has 4 rings (SSSR count). The highest BCUT2D eigenvalue weighted by molar-refractivity contribution is 5.76. The van der Waals surface area contributed by atoms with E-state index in [1.165, 1.54) is 43.2 Å². The van der Waals surface area contributed by atoms with E-state index in [0.717, 1.165) is 25.3 Å². The molecule has 1 N–H and O–H groups in total. The van der Waals surface area contributed by atoms with Crippen molar-refractivity contribution in [3.63, 3.8) is 0 Å². The van der Waals surface area contributed by atoms with Crippen LogP contribution in [-0.4, -0.2) is 29.1 Å². The molecule has 0 radical (unpaired) electrons. The number of aliphatic carboxylic acids is 1. The van der Waals surface area contributed by atoms with Crippen LogP contribution in [0, 0.1) is 5.92 Å². The predicted octanol–water partition coefficient (Wildman–Crippen LogP) is 3.14. The fraction of sp³-hybridized carbons (Fsp3) is 0.647. The normalized spacial score (nSPS) is 28.5. The van der Waals surface area contributed by atoms with E-state index in [0.29, 0.717) is 5.92 Å². The quantitative estimate of drug-likeness (QED) is 0.924. The van der Waals surface area contributed by atoms with E-state index in [4.69, 9.17) is 4.98 Å². The number of carbonyl (C=O) groups is 1. The van der Waals surface area contributed by atoms with E-state index in [1.807, 2.05) is 6.20 Å². The van der Waals surface area contributed by atoms with Crippen LogP contribution in [-0.2, 0) is 4.79 Å². The van der Waals surface area contributed by atoms with Gasteiger partial charge in [0, 0.05) is 25.2 Å². The molecule has 2 atom stereocenters. The van der Waals surface area contributed by atoms with Gasteiger partial charge >= 0.3 is 5.97 Å². The van der Waals surface area contributed by atoms with Crippen molar-refractivity contribution in [1.29, 1.82) is 0 Å². The van der Waals surface area contributed by atoms with Crippen molar-refractivity contribution in [3.8, 4) is 0 Å². The van der Waals surface area contributed by atoms with Crippen LogP contribution in [0.15, 0.2) is 12.3 Å². The lowest BCUT2D eigenvalue weighted by Gasteiger charge is -2.27. The number of hydrogen-bond acceptors (Lipinski definition) is 3. The first-order chi connectivity index (χ1) is 10.2. The lowest BCUT2D eigenvalue weighted by Crippen LogP contribution is -2.21. The van der Waals surface area contributed by atoms with Gasteiger partial charge in [-0.2, -0.15) is 0 Å². The summed E-state index contributed by atoms with van der Waals surface area (Å²) >= 11 is 0. The fourth-order valence-corrected chi connectivity index (χ4v) is 3.73. The molecule has 1 aromatic heterocycles. The van der Waals surface area contributed by atoms with E-state index in [9.17, 15) is 9.90 Å². The molecule has 0 aromatic carbocycles. The third-order valence-corrected chi connectivity index (χ3v) is 5.41. The summed E-state index contributed by atoms with van der Waals surface area (Å²) in [4.78, 5) is 18.3. The van der Waals surface area contributed by atoms with Gasteiger partial charge in [-0.1, -0.05) is 12.5 Å². The molecule has 0 bridgehead atoms. The van der Waals surface area contributed by atoms with Gasteiger partial charge in [-0.25, -0.2) is 4.98 Å². The highest BCUT2D eigenvalue weighted by atomic mass is 16.4. The summed E-state index contributed by atoms with van der Waals surface area (Å²) in [5.41, 5.74) is 2.53. The minimum atomic E-state index is -0.651. The number of carboxylic acid groups (broad SMARTS) is 1. The minimum Gasteiger partial charge on any atom is -0.481 e. The molecule has 1 saturated heterocycles. The van der Waals surface area contributed by atoms with Crippen LogP contribution >= 0.6 is 0 Å². The van der Waals surface area contributed by atoms with Gasteiger partial charge in [0.05, 0.1) is 5.92 Å². The van der Waals surface area contributed by atoms with Gasteiger partial charge < -0.3 is 10.0 Å². The molecule has 21 heavy (non-hydrogen) atoms. The maximum absolute atomic E-state index is 11.2. The van der Waals surface area contributed by atoms with Crippen LogP contribution in [0.25, 0.3) is 0 Å². The summed E-state index contributed by atoms with van der Waals surface area (Å²) in [6.07, 6.45) is 9.10. The van der Waals surface area contributed by atoms with Crippen LogP contribution in [0.2, 0.25) is 0 Å². The Morgan fingerprint density at radius 2 is 2.00 bits per heavy atom. The van der Waals surface area contributed by atoms with Crippen molar-refractivity contribution in [2.75, 3.05) is 18.0 Å². The number of nitrogens with zero attached hydrogens (tertiary/aromatic N) is 2. The molecular formula is C17H22N2O2. The van der Waals surface area contributed by atoms with Crippen molar-refractivity contribution in [2.45, 2.75) is 50.4 Å². The molecule has 1 aliphatic heterocycles. The number of hydrogen-bond donors (Lipinski definition) is 1. The Hall–Kier alpha value is -1.58. The predicted molar refractivity (Wildman–Crippen MR) is 80.8 cm³/mol. The molecule has 1 aromatic rings. The van der Waals surface area contributed by atoms with Crippen molar-refractivity contribution < 1.29 is 9.90 Å². The van der Waals surface area contributed by atoms with Crippen LogP contribution in [0.5, 0.6) is 0 Å². The standard InChI is InChI=1S/C17H22N2O2/c20-17(21)15-9-13(15)14-8-12(11-4-3-5-11)10-18-16(14)19-6-1-2-7-19/h8,10-11,13,15H,1-7,9H2,(H,20,21). The van der Waals surface area contributed by atoms with E-state index in [-0.39, 0.29) is 11.8 Å². The van der Waals surface area contributed by atoms with Gasteiger partial charge in [0.1, 0.15) is 5.82 Å². The molecule has 3 aliphatic rings. The highest BCUT2D eigenvalue weighted by Gasteiger charge is 2.46. The van der Waals surface area contributed by atoms with E-state index >= 15 is 0 Å². The number of rotatable bonds is 4. The average Bonchev–Trinajstić information content (AvgIpc) is 3.04. The zero-order valence-corrected chi connectivity index (χ0v) is 12.3. The zero-order valence-electron chi connectivity index (χ0n) is 12.3. The maximum Gasteiger partial charge on any atom is 0.307 e. The Labute approximate surface area is 125 Å². The van der Waals surface area contributed by atoms with Crippen molar-refractivity contribution >= 4 is 11.8 Å². The molecule has 2 unspecified atom stereocenters. The van der Waals surface area contributed by atoms with Crippen molar-refractivity contribution in [1.82, 2.24) is 4.98 Å². The Kier molecular flexibility index (Phi) is 3.12. The second kappa shape index (κ2) is 5.00. The van der Waals surface area contributed by atoms with Gasteiger partial charge in [0.2, 0.25) is 0 Å². The summed E-state index contributed by atoms with van der Waals surface area (Å²) in [5, 5.41) is 9.24. The maximum atomic E-state index is 11.2. The van der Waals surface area contributed by atoms with Crippen LogP contribution in [0.1, 0.15) is 61.5 Å². The zero-order chi connectivity index (χ0) is 14.4. The average molecular weight is 286 g/mol. The second-order valence-corrected chi connectivity index (χ2v) is 6.79. The summed E-state index contributed by atoms with van der Waals surface area (Å²) in [6, 6.07) is 2.28. The smallest absolute Gasteiger partial charge is 0.307 e. The van der Waals surface area contributed by atoms with Crippen molar-refractivity contribution in [2.24, 2.45) is 5.92 Å². The SMILES string of the molecule is O=C(O)C1CC1c1cc(C2CCC2)cnc1N1CCCC1. The first-order valence-corrected chi connectivity index (χ1v) is 8.21. The Balaban J connectivity index is 1.67. The first kappa shape index (κ1) is 13.1. The van der Waals surface area contributed by atoms with Crippen LogP contribution in [0.3, 0.4) is 0 Å². The number of anilines is 1. The van der Waals surface area contributed by atoms with E-state index in [2.05, 4.69) is 11.0 Å². The summed E-state index contributed by atoms with van der Waals surface area (Å²) in [5.74, 6) is 1.06. The highest BCUT2D eigenvalue weighted by Crippen LogP contribution is 2.51. The molecule has 112 valence electrons. The number of carboxylic acids is 1. The lowest BCUT2D eigenvalue weighted by molar-refractivity contribution is -0.138. The third-order valence-electron chi connectivity index (χ3n) is 5.41. The summed E-state index contributed by atoms with van der Waals surface area (Å²) < 4.78 is 0. The lowest BCUT2D eigenvalue weighted by atomic mass is 9.80. The molecule has 2 saturated carbocycles. The molecule has 3 fully saturated rings. The Morgan fingerprint density at radius 1 is 1.24 bits per heavy atom. The van der Waals surface area contributed by atoms with E-state index < -0.39 is 5.97 Å². The molecule has 2 heterocycles. The van der Waals surface area contributed by atoms with Crippen LogP contribution < -0.4 is 4.90 Å². The van der Waals surface area contributed by atoms with Gasteiger partial charge in [0.15, 0.2) is 0 Å². The first-order valence-electron chi connectivity index (χ1n) is 8.21. The number of aromatic nitrogens is 1. The van der Waals surface area contributed by atoms with Gasteiger partial charge in [-0.05, 0) is 49.1 Å². The topological polar surface area (TPSA) is 53.4 Å². The minimum absolute atomic E-state index is 0.186. The number of pyridine rings is 1. The Bertz CT molecular complexity index is 562. The molecule has 4 nitrogen and oxygen atoms in total. The summed E-state index contributed by atoms with van der Waals surface area (Å²) in [7, 11) is 0. The Morgan fingerprint density at radius 3 is 2.57 bits per heavy atom. The molecule has 2 aliphatic carbocycles. The molecule has 4 heteroatoms. The third kappa shape index (κ3) is 2.30. The fourth-order valence-electron chi connectivity index (χ4n) is 3.73. The molecule has 0 amide bonds.